The number of likely N-dealkylation sites (N-methyl/N-ethyl adjacent to an activating group) is 1. The number of rotatable bonds is 5. The van der Waals surface area contributed by atoms with E-state index in [2.05, 4.69) is 10.3 Å². The predicted octanol–water partition coefficient (Wildman–Crippen LogP) is 2.75. The van der Waals surface area contributed by atoms with E-state index in [9.17, 15) is 4.79 Å². The normalized spacial score (nSPS) is 17.1. The number of likely N-dealkylation sites (tertiary alicyclic amines) is 1. The maximum absolute atomic E-state index is 12.5. The van der Waals surface area contributed by atoms with Gasteiger partial charge in [0.25, 0.3) is 0 Å². The van der Waals surface area contributed by atoms with Gasteiger partial charge in [-0.15, -0.1) is 0 Å². The molecule has 0 saturated carbocycles. The first kappa shape index (κ1) is 17.4. The lowest BCUT2D eigenvalue weighted by Gasteiger charge is -2.26. The fourth-order valence-electron chi connectivity index (χ4n) is 3.18. The molecule has 1 saturated heterocycles. The van der Waals surface area contributed by atoms with Crippen LogP contribution in [-0.4, -0.2) is 52.9 Å². The van der Waals surface area contributed by atoms with E-state index in [0.717, 1.165) is 42.3 Å². The summed E-state index contributed by atoms with van der Waals surface area (Å²) in [5.41, 5.74) is 2.00. The van der Waals surface area contributed by atoms with Crippen molar-refractivity contribution in [1.29, 1.82) is 0 Å². The van der Waals surface area contributed by atoms with E-state index < -0.39 is 0 Å². The molecule has 0 aliphatic carbocycles. The number of carbonyl (C=O) groups is 1. The van der Waals surface area contributed by atoms with Gasteiger partial charge in [0.2, 0.25) is 5.91 Å². The Labute approximate surface area is 148 Å². The number of amides is 1. The molecule has 6 nitrogen and oxygen atoms in total. The maximum Gasteiger partial charge on any atom is 0.237 e. The largest absolute Gasteiger partial charge is 0.333 e. The van der Waals surface area contributed by atoms with Gasteiger partial charge in [0.05, 0.1) is 18.3 Å². The summed E-state index contributed by atoms with van der Waals surface area (Å²) in [6, 6.07) is 9.89. The highest BCUT2D eigenvalue weighted by atomic mass is 16.2. The maximum atomic E-state index is 12.5. The third-order valence-corrected chi connectivity index (χ3v) is 4.39. The Kier molecular flexibility index (Phi) is 5.28. The van der Waals surface area contributed by atoms with Gasteiger partial charge in [0.1, 0.15) is 11.6 Å². The summed E-state index contributed by atoms with van der Waals surface area (Å²) in [7, 11) is 3.84. The van der Waals surface area contributed by atoms with Gasteiger partial charge in [-0.2, -0.15) is 0 Å². The van der Waals surface area contributed by atoms with Gasteiger partial charge in [-0.25, -0.2) is 9.97 Å². The molecule has 1 aliphatic heterocycles. The molecule has 132 valence electrons. The summed E-state index contributed by atoms with van der Waals surface area (Å²) >= 11 is 0. The molecule has 3 rings (SSSR count). The number of carbonyl (C=O) groups excluding carboxylic acids is 1. The van der Waals surface area contributed by atoms with E-state index in [1.807, 2.05) is 61.2 Å². The number of aromatic nitrogens is 2. The fourth-order valence-corrected chi connectivity index (χ4v) is 3.18. The SMILES string of the molecule is Cc1cccnc1Nc1cccc([C@@H]2CCCN2C(=O)CN(C)C)n1. The molecule has 0 radical (unpaired) electrons. The number of pyridine rings is 2. The van der Waals surface area contributed by atoms with E-state index >= 15 is 0 Å². The standard InChI is InChI=1S/C19H25N5O/c1-14-7-5-11-20-19(14)22-17-10-4-8-15(21-17)16-9-6-12-24(16)18(25)13-23(2)3/h4-5,7-8,10-11,16H,6,9,12-13H2,1-3H3,(H,20,21,22)/t16-/m0/s1. The van der Waals surface area contributed by atoms with Crippen LogP contribution in [0.2, 0.25) is 0 Å². The van der Waals surface area contributed by atoms with Gasteiger partial charge >= 0.3 is 0 Å². The zero-order valence-electron chi connectivity index (χ0n) is 15.1. The quantitative estimate of drug-likeness (QED) is 0.907. The minimum absolute atomic E-state index is 0.0547. The molecule has 6 heteroatoms. The van der Waals surface area contributed by atoms with E-state index in [1.54, 1.807) is 6.20 Å². The van der Waals surface area contributed by atoms with Crippen molar-refractivity contribution in [2.75, 3.05) is 32.5 Å². The average Bonchev–Trinajstić information content (AvgIpc) is 3.06. The third kappa shape index (κ3) is 4.14. The lowest BCUT2D eigenvalue weighted by atomic mass is 10.1. The van der Waals surface area contributed by atoms with Crippen molar-refractivity contribution < 1.29 is 4.79 Å². The van der Waals surface area contributed by atoms with Crippen LogP contribution in [-0.2, 0) is 4.79 Å². The van der Waals surface area contributed by atoms with Crippen LogP contribution in [0.5, 0.6) is 0 Å². The summed E-state index contributed by atoms with van der Waals surface area (Å²) in [5, 5.41) is 3.28. The monoisotopic (exact) mass is 339 g/mol. The molecule has 2 aromatic rings. The van der Waals surface area contributed by atoms with Gasteiger partial charge in [0, 0.05) is 12.7 Å². The van der Waals surface area contributed by atoms with Crippen molar-refractivity contribution in [2.45, 2.75) is 25.8 Å². The summed E-state index contributed by atoms with van der Waals surface area (Å²) in [6.45, 7) is 3.25. The van der Waals surface area contributed by atoms with Crippen molar-refractivity contribution in [3.05, 3.63) is 47.8 Å². The van der Waals surface area contributed by atoms with Crippen LogP contribution in [0, 0.1) is 6.92 Å². The van der Waals surface area contributed by atoms with E-state index in [-0.39, 0.29) is 11.9 Å². The molecule has 0 aromatic carbocycles. The number of aryl methyl sites for hydroxylation is 1. The molecular formula is C19H25N5O. The van der Waals surface area contributed by atoms with Crippen molar-refractivity contribution in [3.63, 3.8) is 0 Å². The Bertz CT molecular complexity index is 746. The van der Waals surface area contributed by atoms with Gasteiger partial charge in [0.15, 0.2) is 0 Å². The zero-order valence-corrected chi connectivity index (χ0v) is 15.1. The first-order valence-electron chi connectivity index (χ1n) is 8.64. The van der Waals surface area contributed by atoms with Gasteiger partial charge in [-0.3, -0.25) is 4.79 Å². The molecule has 3 heterocycles. The highest BCUT2D eigenvalue weighted by molar-refractivity contribution is 5.79. The molecule has 1 amide bonds. The summed E-state index contributed by atoms with van der Waals surface area (Å²) in [5.74, 6) is 1.72. The number of anilines is 2. The third-order valence-electron chi connectivity index (χ3n) is 4.39. The molecule has 1 aliphatic rings. The Balaban J connectivity index is 1.78. The molecule has 1 atom stereocenters. The topological polar surface area (TPSA) is 61.4 Å². The zero-order chi connectivity index (χ0) is 17.8. The van der Waals surface area contributed by atoms with E-state index in [0.29, 0.717) is 6.54 Å². The highest BCUT2D eigenvalue weighted by Gasteiger charge is 2.31. The first-order valence-corrected chi connectivity index (χ1v) is 8.64. The van der Waals surface area contributed by atoms with E-state index in [4.69, 9.17) is 4.98 Å². The summed E-state index contributed by atoms with van der Waals surface area (Å²) in [6.07, 6.45) is 3.73. The summed E-state index contributed by atoms with van der Waals surface area (Å²) in [4.78, 5) is 25.5. The molecule has 2 aromatic heterocycles. The predicted molar refractivity (Wildman–Crippen MR) is 98.7 cm³/mol. The first-order chi connectivity index (χ1) is 12.0. The molecule has 25 heavy (non-hydrogen) atoms. The van der Waals surface area contributed by atoms with Crippen LogP contribution in [0.15, 0.2) is 36.5 Å². The Morgan fingerprint density at radius 2 is 2.16 bits per heavy atom. The van der Waals surface area contributed by atoms with Crippen LogP contribution in [0.1, 0.15) is 30.1 Å². The van der Waals surface area contributed by atoms with Crippen LogP contribution in [0.3, 0.4) is 0 Å². The van der Waals surface area contributed by atoms with Gasteiger partial charge < -0.3 is 15.1 Å². The molecule has 1 fully saturated rings. The second kappa shape index (κ2) is 7.61. The van der Waals surface area contributed by atoms with Crippen molar-refractivity contribution in [3.8, 4) is 0 Å². The smallest absolute Gasteiger partial charge is 0.237 e. The number of nitrogens with zero attached hydrogens (tertiary/aromatic N) is 4. The fraction of sp³-hybridized carbons (Fsp3) is 0.421. The minimum atomic E-state index is 0.0547. The Hall–Kier alpha value is -2.47. The second-order valence-electron chi connectivity index (χ2n) is 6.72. The lowest BCUT2D eigenvalue weighted by molar-refractivity contribution is -0.132. The molecular weight excluding hydrogens is 314 g/mol. The number of hydrogen-bond donors (Lipinski definition) is 1. The Morgan fingerprint density at radius 1 is 1.32 bits per heavy atom. The van der Waals surface area contributed by atoms with Gasteiger partial charge in [-0.1, -0.05) is 12.1 Å². The minimum Gasteiger partial charge on any atom is -0.333 e. The van der Waals surface area contributed by atoms with Crippen molar-refractivity contribution in [1.82, 2.24) is 19.8 Å². The molecule has 0 spiro atoms. The van der Waals surface area contributed by atoms with Crippen LogP contribution < -0.4 is 5.32 Å². The lowest BCUT2D eigenvalue weighted by Crippen LogP contribution is -2.37. The second-order valence-corrected chi connectivity index (χ2v) is 6.72. The molecule has 0 bridgehead atoms. The number of nitrogens with one attached hydrogen (secondary N) is 1. The van der Waals surface area contributed by atoms with E-state index in [1.165, 1.54) is 0 Å². The average molecular weight is 339 g/mol. The molecule has 1 N–H and O–H groups in total. The van der Waals surface area contributed by atoms with Crippen molar-refractivity contribution >= 4 is 17.5 Å². The van der Waals surface area contributed by atoms with Crippen LogP contribution >= 0.6 is 0 Å². The highest BCUT2D eigenvalue weighted by Crippen LogP contribution is 2.31. The van der Waals surface area contributed by atoms with Gasteiger partial charge in [-0.05, 0) is 57.6 Å². The molecule has 0 unspecified atom stereocenters. The van der Waals surface area contributed by atoms with Crippen LogP contribution in [0.25, 0.3) is 0 Å². The Morgan fingerprint density at radius 3 is 2.92 bits per heavy atom. The number of hydrogen-bond acceptors (Lipinski definition) is 5. The summed E-state index contributed by atoms with van der Waals surface area (Å²) < 4.78 is 0. The van der Waals surface area contributed by atoms with Crippen LogP contribution in [0.4, 0.5) is 11.6 Å². The van der Waals surface area contributed by atoms with Crippen molar-refractivity contribution in [2.24, 2.45) is 0 Å².